The highest BCUT2D eigenvalue weighted by Crippen LogP contribution is 2.03. The average Bonchev–Trinajstić information content (AvgIpc) is 2.55. The summed E-state index contributed by atoms with van der Waals surface area (Å²) in [6, 6.07) is 13.4. The fourth-order valence-corrected chi connectivity index (χ4v) is 2.23. The first kappa shape index (κ1) is 16.7. The molecule has 0 unspecified atom stereocenters. The van der Waals surface area contributed by atoms with Crippen LogP contribution in [0.4, 0.5) is 0 Å². The molecule has 2 aromatic rings. The third kappa shape index (κ3) is 5.90. The van der Waals surface area contributed by atoms with Crippen LogP contribution in [0.3, 0.4) is 0 Å². The van der Waals surface area contributed by atoms with E-state index in [4.69, 9.17) is 0 Å². The number of amides is 2. The Kier molecular flexibility index (Phi) is 6.29. The fourth-order valence-electron chi connectivity index (χ4n) is 2.23. The van der Waals surface area contributed by atoms with E-state index >= 15 is 0 Å². The first-order chi connectivity index (χ1) is 11.1. The van der Waals surface area contributed by atoms with E-state index in [1.54, 1.807) is 17.3 Å². The molecule has 0 saturated carbocycles. The molecule has 0 aliphatic heterocycles. The largest absolute Gasteiger partial charge is 0.354 e. The minimum atomic E-state index is -0.0407. The van der Waals surface area contributed by atoms with Crippen LogP contribution < -0.4 is 5.32 Å². The Morgan fingerprint density at radius 3 is 2.48 bits per heavy atom. The molecular weight excluding hydrogens is 290 g/mol. The molecule has 1 heterocycles. The molecule has 0 atom stereocenters. The van der Waals surface area contributed by atoms with Crippen molar-refractivity contribution in [3.8, 4) is 0 Å². The summed E-state index contributed by atoms with van der Waals surface area (Å²) in [6.07, 6.45) is 3.79. The van der Waals surface area contributed by atoms with E-state index in [0.29, 0.717) is 26.1 Å². The van der Waals surface area contributed by atoms with Gasteiger partial charge >= 0.3 is 0 Å². The van der Waals surface area contributed by atoms with Gasteiger partial charge in [0.2, 0.25) is 11.8 Å². The van der Waals surface area contributed by atoms with E-state index in [1.807, 2.05) is 42.5 Å². The summed E-state index contributed by atoms with van der Waals surface area (Å²) in [7, 11) is 0. The van der Waals surface area contributed by atoms with Crippen molar-refractivity contribution >= 4 is 11.8 Å². The molecule has 5 nitrogen and oxygen atoms in total. The summed E-state index contributed by atoms with van der Waals surface area (Å²) in [6.45, 7) is 2.94. The number of nitrogens with one attached hydrogen (secondary N) is 1. The van der Waals surface area contributed by atoms with E-state index in [-0.39, 0.29) is 11.8 Å². The number of rotatable bonds is 7. The van der Waals surface area contributed by atoms with Crippen molar-refractivity contribution < 1.29 is 9.59 Å². The molecule has 0 saturated heterocycles. The molecule has 120 valence electrons. The molecule has 0 aliphatic rings. The van der Waals surface area contributed by atoms with Gasteiger partial charge in [-0.05, 0) is 17.2 Å². The Hall–Kier alpha value is -2.69. The van der Waals surface area contributed by atoms with Crippen molar-refractivity contribution in [2.24, 2.45) is 0 Å². The van der Waals surface area contributed by atoms with Gasteiger partial charge in [-0.3, -0.25) is 14.6 Å². The molecule has 1 aromatic heterocycles. The van der Waals surface area contributed by atoms with Crippen molar-refractivity contribution in [2.75, 3.05) is 13.1 Å². The van der Waals surface area contributed by atoms with Gasteiger partial charge in [0.05, 0.1) is 6.42 Å². The maximum absolute atomic E-state index is 11.9. The van der Waals surface area contributed by atoms with Gasteiger partial charge in [0.15, 0.2) is 0 Å². The second kappa shape index (κ2) is 8.68. The molecule has 0 bridgehead atoms. The monoisotopic (exact) mass is 311 g/mol. The molecule has 1 N–H and O–H groups in total. The maximum atomic E-state index is 11.9. The average molecular weight is 311 g/mol. The van der Waals surface area contributed by atoms with Crippen molar-refractivity contribution in [1.82, 2.24) is 15.2 Å². The summed E-state index contributed by atoms with van der Waals surface area (Å²) in [5, 5.41) is 2.85. The van der Waals surface area contributed by atoms with E-state index in [1.165, 1.54) is 6.92 Å². The number of benzene rings is 1. The Bertz CT molecular complexity index is 629. The third-order valence-electron chi connectivity index (χ3n) is 3.45. The Balaban J connectivity index is 1.78. The second-order valence-electron chi connectivity index (χ2n) is 5.31. The SMILES string of the molecule is CC(=O)N(CCNC(=O)Cc1ccccc1)Cc1cccnc1. The second-order valence-corrected chi connectivity index (χ2v) is 5.31. The Labute approximate surface area is 136 Å². The third-order valence-corrected chi connectivity index (χ3v) is 3.45. The summed E-state index contributed by atoms with van der Waals surface area (Å²) in [5.74, 6) is -0.0627. The normalized spacial score (nSPS) is 10.1. The van der Waals surface area contributed by atoms with Crippen LogP contribution in [0.25, 0.3) is 0 Å². The number of nitrogens with zero attached hydrogens (tertiary/aromatic N) is 2. The van der Waals surface area contributed by atoms with Gasteiger partial charge in [0.25, 0.3) is 0 Å². The quantitative estimate of drug-likeness (QED) is 0.848. The number of hydrogen-bond donors (Lipinski definition) is 1. The lowest BCUT2D eigenvalue weighted by Crippen LogP contribution is -2.37. The zero-order valence-electron chi connectivity index (χ0n) is 13.2. The Morgan fingerprint density at radius 1 is 1.09 bits per heavy atom. The highest BCUT2D eigenvalue weighted by Gasteiger charge is 2.10. The highest BCUT2D eigenvalue weighted by atomic mass is 16.2. The molecule has 0 spiro atoms. The predicted molar refractivity (Wildman–Crippen MR) is 88.5 cm³/mol. The summed E-state index contributed by atoms with van der Waals surface area (Å²) < 4.78 is 0. The number of pyridine rings is 1. The van der Waals surface area contributed by atoms with Gasteiger partial charge in [-0.25, -0.2) is 0 Å². The topological polar surface area (TPSA) is 62.3 Å². The van der Waals surface area contributed by atoms with Crippen LogP contribution in [0, 0.1) is 0 Å². The van der Waals surface area contributed by atoms with Gasteiger partial charge in [0, 0.05) is 39.0 Å². The lowest BCUT2D eigenvalue weighted by Gasteiger charge is -2.21. The predicted octanol–water partition coefficient (Wildman–Crippen LogP) is 1.79. The van der Waals surface area contributed by atoms with E-state index in [0.717, 1.165) is 11.1 Å². The van der Waals surface area contributed by atoms with Crippen LogP contribution in [0.2, 0.25) is 0 Å². The fraction of sp³-hybridized carbons (Fsp3) is 0.278. The molecule has 5 heteroatoms. The van der Waals surface area contributed by atoms with Crippen LogP contribution in [0.1, 0.15) is 18.1 Å². The van der Waals surface area contributed by atoms with Crippen molar-refractivity contribution in [3.05, 3.63) is 66.0 Å². The van der Waals surface area contributed by atoms with Crippen LogP contribution in [0.15, 0.2) is 54.9 Å². The van der Waals surface area contributed by atoms with E-state index in [9.17, 15) is 9.59 Å². The minimum absolute atomic E-state index is 0.0221. The van der Waals surface area contributed by atoms with E-state index in [2.05, 4.69) is 10.3 Å². The molecule has 23 heavy (non-hydrogen) atoms. The zero-order chi connectivity index (χ0) is 16.5. The highest BCUT2D eigenvalue weighted by molar-refractivity contribution is 5.78. The van der Waals surface area contributed by atoms with Crippen molar-refractivity contribution in [1.29, 1.82) is 0 Å². The van der Waals surface area contributed by atoms with Gasteiger partial charge < -0.3 is 10.2 Å². The first-order valence-corrected chi connectivity index (χ1v) is 7.60. The molecule has 0 radical (unpaired) electrons. The number of carbonyl (C=O) groups excluding carboxylic acids is 2. The molecule has 0 fully saturated rings. The lowest BCUT2D eigenvalue weighted by atomic mass is 10.1. The zero-order valence-corrected chi connectivity index (χ0v) is 13.2. The van der Waals surface area contributed by atoms with Crippen LogP contribution >= 0.6 is 0 Å². The maximum Gasteiger partial charge on any atom is 0.224 e. The summed E-state index contributed by atoms with van der Waals surface area (Å²) in [5.41, 5.74) is 1.95. The number of carbonyl (C=O) groups is 2. The number of hydrogen-bond acceptors (Lipinski definition) is 3. The molecule has 2 rings (SSSR count). The first-order valence-electron chi connectivity index (χ1n) is 7.60. The summed E-state index contributed by atoms with van der Waals surface area (Å²) in [4.78, 5) is 29.3. The summed E-state index contributed by atoms with van der Waals surface area (Å²) >= 11 is 0. The van der Waals surface area contributed by atoms with Crippen LogP contribution in [0.5, 0.6) is 0 Å². The lowest BCUT2D eigenvalue weighted by molar-refractivity contribution is -0.130. The Morgan fingerprint density at radius 2 is 1.83 bits per heavy atom. The minimum Gasteiger partial charge on any atom is -0.354 e. The molecular formula is C18H21N3O2. The van der Waals surface area contributed by atoms with Crippen molar-refractivity contribution in [3.63, 3.8) is 0 Å². The van der Waals surface area contributed by atoms with Gasteiger partial charge in [-0.1, -0.05) is 36.4 Å². The molecule has 1 aromatic carbocycles. The van der Waals surface area contributed by atoms with E-state index < -0.39 is 0 Å². The molecule has 0 aliphatic carbocycles. The van der Waals surface area contributed by atoms with Crippen molar-refractivity contribution in [2.45, 2.75) is 19.9 Å². The number of aromatic nitrogens is 1. The standard InChI is InChI=1S/C18H21N3O2/c1-15(22)21(14-17-8-5-9-19-13-17)11-10-20-18(23)12-16-6-3-2-4-7-16/h2-9,13H,10-12,14H2,1H3,(H,20,23). The van der Waals surface area contributed by atoms with Gasteiger partial charge in [-0.2, -0.15) is 0 Å². The van der Waals surface area contributed by atoms with Gasteiger partial charge in [-0.15, -0.1) is 0 Å². The smallest absolute Gasteiger partial charge is 0.224 e. The van der Waals surface area contributed by atoms with Gasteiger partial charge in [0.1, 0.15) is 0 Å². The van der Waals surface area contributed by atoms with Crippen LogP contribution in [-0.2, 0) is 22.6 Å². The van der Waals surface area contributed by atoms with Crippen LogP contribution in [-0.4, -0.2) is 34.8 Å². The molecule has 2 amide bonds.